The molecule has 0 radical (unpaired) electrons. The molecule has 0 heterocycles. The van der Waals surface area contributed by atoms with Crippen molar-refractivity contribution in [3.63, 3.8) is 0 Å². The van der Waals surface area contributed by atoms with Crippen molar-refractivity contribution >= 4 is 11.6 Å². The van der Waals surface area contributed by atoms with Gasteiger partial charge in [-0.2, -0.15) is 0 Å². The summed E-state index contributed by atoms with van der Waals surface area (Å²) in [6.45, 7) is 3.21. The number of aliphatic hydroxyl groups excluding tert-OH is 1. The third kappa shape index (κ3) is 5.51. The predicted molar refractivity (Wildman–Crippen MR) is 70.1 cm³/mol. The van der Waals surface area contributed by atoms with E-state index in [1.807, 2.05) is 13.8 Å². The Labute approximate surface area is 111 Å². The molecule has 2 N–H and O–H groups in total. The van der Waals surface area contributed by atoms with Gasteiger partial charge in [-0.05, 0) is 32.0 Å². The Morgan fingerprint density at radius 1 is 1.53 bits per heavy atom. The number of hydrogen-bond donors (Lipinski definition) is 2. The van der Waals surface area contributed by atoms with Crippen LogP contribution in [0.4, 0.5) is 10.1 Å². The number of aliphatic hydroxyl groups is 1. The minimum Gasteiger partial charge on any atom is -0.384 e. The molecule has 0 saturated carbocycles. The molecule has 4 nitrogen and oxygen atoms in total. The molecule has 0 aliphatic carbocycles. The van der Waals surface area contributed by atoms with Crippen LogP contribution < -0.4 is 5.32 Å². The first-order chi connectivity index (χ1) is 9.02. The van der Waals surface area contributed by atoms with Gasteiger partial charge in [0, 0.05) is 5.56 Å². The Kier molecular flexibility index (Phi) is 6.00. The van der Waals surface area contributed by atoms with Gasteiger partial charge in [0.15, 0.2) is 0 Å². The first-order valence-electron chi connectivity index (χ1n) is 5.83. The molecule has 102 valence electrons. The maximum absolute atomic E-state index is 13.7. The monoisotopic (exact) mass is 265 g/mol. The molecule has 0 aliphatic heterocycles. The Morgan fingerprint density at radius 3 is 2.84 bits per heavy atom. The number of nitrogens with one attached hydrogen (secondary N) is 1. The highest BCUT2D eigenvalue weighted by molar-refractivity contribution is 5.91. The lowest BCUT2D eigenvalue weighted by atomic mass is 10.2. The summed E-state index contributed by atoms with van der Waals surface area (Å²) in [5.41, 5.74) is 0.509. The summed E-state index contributed by atoms with van der Waals surface area (Å²) >= 11 is 0. The second-order valence-electron chi connectivity index (χ2n) is 4.06. The van der Waals surface area contributed by atoms with E-state index < -0.39 is 11.7 Å². The van der Waals surface area contributed by atoms with Crippen molar-refractivity contribution < 1.29 is 19.0 Å². The molecule has 0 atom stereocenters. The zero-order chi connectivity index (χ0) is 14.3. The fourth-order valence-corrected chi connectivity index (χ4v) is 1.26. The highest BCUT2D eigenvalue weighted by Crippen LogP contribution is 2.15. The second kappa shape index (κ2) is 7.52. The fraction of sp³-hybridized carbons (Fsp3) is 0.357. The summed E-state index contributed by atoms with van der Waals surface area (Å²) < 4.78 is 18.8. The molecular weight excluding hydrogens is 249 g/mol. The van der Waals surface area contributed by atoms with Gasteiger partial charge < -0.3 is 15.2 Å². The number of ether oxygens (including phenoxy) is 1. The van der Waals surface area contributed by atoms with Crippen LogP contribution in [-0.2, 0) is 9.53 Å². The van der Waals surface area contributed by atoms with E-state index in [-0.39, 0.29) is 25.0 Å². The molecule has 1 aromatic carbocycles. The van der Waals surface area contributed by atoms with Crippen LogP contribution in [0, 0.1) is 17.7 Å². The average molecular weight is 265 g/mol. The number of rotatable bonds is 4. The summed E-state index contributed by atoms with van der Waals surface area (Å²) in [6.07, 6.45) is -0.0632. The molecule has 0 fully saturated rings. The molecule has 0 aromatic heterocycles. The highest BCUT2D eigenvalue weighted by atomic mass is 19.1. The maximum atomic E-state index is 13.7. The minimum absolute atomic E-state index is 0.0632. The summed E-state index contributed by atoms with van der Waals surface area (Å²) in [5.74, 6) is 4.00. The quantitative estimate of drug-likeness (QED) is 0.812. The summed E-state index contributed by atoms with van der Waals surface area (Å²) in [5, 5.41) is 10.9. The van der Waals surface area contributed by atoms with Crippen molar-refractivity contribution in [1.82, 2.24) is 0 Å². The van der Waals surface area contributed by atoms with Gasteiger partial charge in [-0.15, -0.1) is 0 Å². The van der Waals surface area contributed by atoms with Crippen molar-refractivity contribution in [2.75, 3.05) is 18.5 Å². The molecule has 1 aromatic rings. The molecule has 0 spiro atoms. The normalized spacial score (nSPS) is 9.95. The van der Waals surface area contributed by atoms with Crippen LogP contribution in [0.3, 0.4) is 0 Å². The smallest absolute Gasteiger partial charge is 0.250 e. The third-order valence-electron chi connectivity index (χ3n) is 2.10. The lowest BCUT2D eigenvalue weighted by molar-refractivity contribution is -0.121. The van der Waals surface area contributed by atoms with Crippen LogP contribution in [0.25, 0.3) is 0 Å². The largest absolute Gasteiger partial charge is 0.384 e. The van der Waals surface area contributed by atoms with Gasteiger partial charge >= 0.3 is 0 Å². The van der Waals surface area contributed by atoms with Gasteiger partial charge in [-0.25, -0.2) is 4.39 Å². The average Bonchev–Trinajstić information content (AvgIpc) is 2.37. The van der Waals surface area contributed by atoms with Crippen LogP contribution >= 0.6 is 0 Å². The maximum Gasteiger partial charge on any atom is 0.250 e. The van der Waals surface area contributed by atoms with Crippen LogP contribution in [0.5, 0.6) is 0 Å². The van der Waals surface area contributed by atoms with Gasteiger partial charge in [0.25, 0.3) is 0 Å². The van der Waals surface area contributed by atoms with E-state index in [9.17, 15) is 9.18 Å². The zero-order valence-corrected chi connectivity index (χ0v) is 10.9. The molecule has 1 amide bonds. The molecular formula is C14H16FNO3. The van der Waals surface area contributed by atoms with Crippen molar-refractivity contribution in [3.8, 4) is 11.8 Å². The van der Waals surface area contributed by atoms with Gasteiger partial charge in [-0.1, -0.05) is 11.8 Å². The van der Waals surface area contributed by atoms with E-state index in [1.54, 1.807) is 6.07 Å². The Hall–Kier alpha value is -1.90. The predicted octanol–water partition coefficient (Wildman–Crippen LogP) is 1.53. The number of carbonyl (C=O) groups excluding carboxylic acids is 1. The number of anilines is 1. The van der Waals surface area contributed by atoms with Crippen molar-refractivity contribution in [1.29, 1.82) is 0 Å². The molecule has 0 bridgehead atoms. The van der Waals surface area contributed by atoms with Gasteiger partial charge in [0.2, 0.25) is 5.91 Å². The van der Waals surface area contributed by atoms with Crippen LogP contribution in [0.1, 0.15) is 19.4 Å². The molecule has 0 aliphatic rings. The first-order valence-corrected chi connectivity index (χ1v) is 5.83. The zero-order valence-electron chi connectivity index (χ0n) is 10.9. The summed E-state index contributed by atoms with van der Waals surface area (Å²) in [4.78, 5) is 11.5. The fourth-order valence-electron chi connectivity index (χ4n) is 1.26. The van der Waals surface area contributed by atoms with Gasteiger partial charge in [0.05, 0.1) is 11.8 Å². The molecule has 0 unspecified atom stereocenters. The Bertz CT molecular complexity index is 503. The molecule has 0 saturated heterocycles. The van der Waals surface area contributed by atoms with Crippen molar-refractivity contribution in [3.05, 3.63) is 29.6 Å². The first kappa shape index (κ1) is 15.2. The van der Waals surface area contributed by atoms with Gasteiger partial charge in [0.1, 0.15) is 19.0 Å². The number of carbonyl (C=O) groups is 1. The highest BCUT2D eigenvalue weighted by Gasteiger charge is 2.08. The Morgan fingerprint density at radius 2 is 2.26 bits per heavy atom. The lowest BCUT2D eigenvalue weighted by Crippen LogP contribution is -2.21. The summed E-state index contributed by atoms with van der Waals surface area (Å²) in [7, 11) is 0. The van der Waals surface area contributed by atoms with Crippen LogP contribution in [0.15, 0.2) is 18.2 Å². The van der Waals surface area contributed by atoms with Gasteiger partial charge in [-0.3, -0.25) is 4.79 Å². The van der Waals surface area contributed by atoms with E-state index in [0.717, 1.165) is 0 Å². The van der Waals surface area contributed by atoms with Crippen molar-refractivity contribution in [2.45, 2.75) is 20.0 Å². The minimum atomic E-state index is -0.581. The lowest BCUT2D eigenvalue weighted by Gasteiger charge is -2.09. The van der Waals surface area contributed by atoms with Crippen molar-refractivity contribution in [2.24, 2.45) is 0 Å². The number of hydrogen-bond acceptors (Lipinski definition) is 3. The SMILES string of the molecule is CC(C)OCC(=O)Nc1ccc(C#CCO)cc1F. The second-order valence-corrected chi connectivity index (χ2v) is 4.06. The standard InChI is InChI=1S/C14H16FNO3/c1-10(2)19-9-14(18)16-13-6-5-11(4-3-7-17)8-12(13)15/h5-6,8,10,17H,7,9H2,1-2H3,(H,16,18). The molecule has 1 rings (SSSR count). The number of benzene rings is 1. The van der Waals surface area contributed by atoms with Crippen LogP contribution in [-0.4, -0.2) is 30.3 Å². The van der Waals surface area contributed by atoms with E-state index in [4.69, 9.17) is 9.84 Å². The molecule has 19 heavy (non-hydrogen) atoms. The van der Waals surface area contributed by atoms with E-state index >= 15 is 0 Å². The van der Waals surface area contributed by atoms with E-state index in [1.165, 1.54) is 12.1 Å². The Balaban J connectivity index is 2.67. The molecule has 5 heteroatoms. The number of amides is 1. The topological polar surface area (TPSA) is 58.6 Å². The number of halogens is 1. The third-order valence-corrected chi connectivity index (χ3v) is 2.10. The van der Waals surface area contributed by atoms with E-state index in [2.05, 4.69) is 17.2 Å². The summed E-state index contributed by atoms with van der Waals surface area (Å²) in [6, 6.07) is 4.18. The van der Waals surface area contributed by atoms with Crippen LogP contribution in [0.2, 0.25) is 0 Å². The van der Waals surface area contributed by atoms with E-state index in [0.29, 0.717) is 5.56 Å².